The zero-order valence-corrected chi connectivity index (χ0v) is 12.2. The van der Waals surface area contributed by atoms with Gasteiger partial charge >= 0.3 is 0 Å². The molecule has 1 nitrogen and oxygen atoms in total. The molecule has 100 valence electrons. The summed E-state index contributed by atoms with van der Waals surface area (Å²) in [5.41, 5.74) is 2.78. The molecule has 0 spiro atoms. The number of benzene rings is 1. The molecule has 0 amide bonds. The van der Waals surface area contributed by atoms with Crippen LogP contribution in [-0.2, 0) is 0 Å². The van der Waals surface area contributed by atoms with Crippen LogP contribution in [0.25, 0.3) is 5.57 Å². The first kappa shape index (κ1) is 14.8. The van der Waals surface area contributed by atoms with E-state index in [0.29, 0.717) is 5.92 Å². The molecule has 1 heteroatoms. The van der Waals surface area contributed by atoms with Crippen LogP contribution in [0.15, 0.2) is 30.3 Å². The van der Waals surface area contributed by atoms with E-state index >= 15 is 0 Å². The number of allylic oxidation sites excluding steroid dienone is 2. The van der Waals surface area contributed by atoms with Gasteiger partial charge in [0.15, 0.2) is 0 Å². The Morgan fingerprint density at radius 3 is 2.33 bits per heavy atom. The van der Waals surface area contributed by atoms with Crippen molar-refractivity contribution in [1.29, 1.82) is 0 Å². The molecular formula is C17H26O. The summed E-state index contributed by atoms with van der Waals surface area (Å²) in [5, 5.41) is 0. The number of ether oxygens (including phenoxy) is 1. The van der Waals surface area contributed by atoms with Crippen molar-refractivity contribution in [1.82, 2.24) is 0 Å². The zero-order valence-electron chi connectivity index (χ0n) is 12.2. The summed E-state index contributed by atoms with van der Waals surface area (Å²) in [5.74, 6) is 1.54. The van der Waals surface area contributed by atoms with Crippen LogP contribution in [0.4, 0.5) is 0 Å². The highest BCUT2D eigenvalue weighted by Gasteiger charge is 2.02. The maximum atomic E-state index is 5.70. The highest BCUT2D eigenvalue weighted by atomic mass is 16.5. The number of hydrogen-bond donors (Lipinski definition) is 0. The maximum absolute atomic E-state index is 5.70. The summed E-state index contributed by atoms with van der Waals surface area (Å²) in [7, 11) is 0. The van der Waals surface area contributed by atoms with Gasteiger partial charge in [-0.1, -0.05) is 52.3 Å². The van der Waals surface area contributed by atoms with Crippen molar-refractivity contribution in [2.24, 2.45) is 5.92 Å². The molecule has 0 aliphatic rings. The first-order valence-electron chi connectivity index (χ1n) is 7.09. The molecule has 0 aliphatic carbocycles. The van der Waals surface area contributed by atoms with Gasteiger partial charge in [-0.3, -0.25) is 0 Å². The molecule has 0 bridgehead atoms. The predicted molar refractivity (Wildman–Crippen MR) is 80.0 cm³/mol. The average Bonchev–Trinajstić information content (AvgIpc) is 2.37. The fraction of sp³-hybridized carbons (Fsp3) is 0.529. The van der Waals surface area contributed by atoms with Crippen LogP contribution in [0.5, 0.6) is 5.75 Å². The molecule has 0 aromatic heterocycles. The van der Waals surface area contributed by atoms with Gasteiger partial charge in [-0.2, -0.15) is 0 Å². The lowest BCUT2D eigenvalue weighted by molar-refractivity contribution is 0.271. The van der Waals surface area contributed by atoms with Crippen molar-refractivity contribution < 1.29 is 4.74 Å². The monoisotopic (exact) mass is 246 g/mol. The summed E-state index contributed by atoms with van der Waals surface area (Å²) in [6.07, 6.45) is 5.77. The quantitative estimate of drug-likeness (QED) is 0.633. The molecule has 1 aromatic carbocycles. The maximum Gasteiger partial charge on any atom is 0.119 e. The Kier molecular flexibility index (Phi) is 6.56. The molecule has 0 atom stereocenters. The molecule has 0 fully saturated rings. The Hall–Kier alpha value is -1.24. The van der Waals surface area contributed by atoms with E-state index in [0.717, 1.165) is 25.2 Å². The third-order valence-electron chi connectivity index (χ3n) is 2.78. The summed E-state index contributed by atoms with van der Waals surface area (Å²) in [6, 6.07) is 8.51. The molecule has 0 aliphatic heterocycles. The minimum absolute atomic E-state index is 0.570. The van der Waals surface area contributed by atoms with Crippen molar-refractivity contribution in [2.45, 2.75) is 47.0 Å². The minimum Gasteiger partial charge on any atom is -0.493 e. The summed E-state index contributed by atoms with van der Waals surface area (Å²) < 4.78 is 5.70. The van der Waals surface area contributed by atoms with Crippen molar-refractivity contribution in [3.8, 4) is 5.75 Å². The Morgan fingerprint density at radius 1 is 1.17 bits per heavy atom. The summed E-state index contributed by atoms with van der Waals surface area (Å²) in [6.45, 7) is 9.53. The second kappa shape index (κ2) is 7.97. The molecule has 0 N–H and O–H groups in total. The average molecular weight is 246 g/mol. The zero-order chi connectivity index (χ0) is 13.4. The lowest BCUT2D eigenvalue weighted by atomic mass is 10.0. The predicted octanol–water partition coefficient (Wildman–Crippen LogP) is 5.31. The van der Waals surface area contributed by atoms with Crippen molar-refractivity contribution in [2.75, 3.05) is 6.61 Å². The van der Waals surface area contributed by atoms with Crippen LogP contribution in [0.3, 0.4) is 0 Å². The topological polar surface area (TPSA) is 9.23 Å². The van der Waals surface area contributed by atoms with Crippen molar-refractivity contribution in [3.63, 3.8) is 0 Å². The van der Waals surface area contributed by atoms with Gasteiger partial charge in [-0.05, 0) is 42.0 Å². The van der Waals surface area contributed by atoms with Gasteiger partial charge in [0, 0.05) is 0 Å². The Labute approximate surface area is 112 Å². The molecule has 0 heterocycles. The van der Waals surface area contributed by atoms with Gasteiger partial charge < -0.3 is 4.74 Å². The van der Waals surface area contributed by atoms with Gasteiger partial charge in [-0.25, -0.2) is 0 Å². The minimum atomic E-state index is 0.570. The first-order chi connectivity index (χ1) is 8.67. The highest BCUT2D eigenvalue weighted by molar-refractivity contribution is 5.65. The molecule has 1 aromatic rings. The lowest BCUT2D eigenvalue weighted by Crippen LogP contribution is -2.04. The van der Waals surface area contributed by atoms with Crippen LogP contribution >= 0.6 is 0 Å². The molecule has 1 rings (SSSR count). The standard InChI is InChI=1S/C17H26O/c1-5-7-15(8-6-2)16-9-11-17(12-10-16)18-13-14(3)4/h7,9-12,14H,5-6,8,13H2,1-4H3. The van der Waals surface area contributed by atoms with E-state index in [9.17, 15) is 0 Å². The van der Waals surface area contributed by atoms with E-state index in [-0.39, 0.29) is 0 Å². The normalized spacial score (nSPS) is 11.9. The van der Waals surface area contributed by atoms with Crippen LogP contribution < -0.4 is 4.74 Å². The molecule has 0 saturated carbocycles. The largest absolute Gasteiger partial charge is 0.493 e. The van der Waals surface area contributed by atoms with E-state index in [1.807, 2.05) is 0 Å². The molecule has 0 radical (unpaired) electrons. The third kappa shape index (κ3) is 4.95. The van der Waals surface area contributed by atoms with Crippen LogP contribution in [0.1, 0.15) is 52.5 Å². The molecule has 0 unspecified atom stereocenters. The van der Waals surface area contributed by atoms with Crippen molar-refractivity contribution >= 4 is 5.57 Å². The Bertz CT molecular complexity index is 360. The third-order valence-corrected chi connectivity index (χ3v) is 2.78. The van der Waals surface area contributed by atoms with Gasteiger partial charge in [0.1, 0.15) is 5.75 Å². The lowest BCUT2D eigenvalue weighted by Gasteiger charge is -2.10. The fourth-order valence-electron chi connectivity index (χ4n) is 1.91. The van der Waals surface area contributed by atoms with Crippen molar-refractivity contribution in [3.05, 3.63) is 35.9 Å². The van der Waals surface area contributed by atoms with Gasteiger partial charge in [0.05, 0.1) is 6.61 Å². The number of hydrogen-bond acceptors (Lipinski definition) is 1. The van der Waals surface area contributed by atoms with E-state index < -0.39 is 0 Å². The van der Waals surface area contributed by atoms with Crippen LogP contribution in [-0.4, -0.2) is 6.61 Å². The van der Waals surface area contributed by atoms with E-state index in [2.05, 4.69) is 58.0 Å². The summed E-state index contributed by atoms with van der Waals surface area (Å²) in [4.78, 5) is 0. The first-order valence-corrected chi connectivity index (χ1v) is 7.09. The van der Waals surface area contributed by atoms with Crippen LogP contribution in [0.2, 0.25) is 0 Å². The summed E-state index contributed by atoms with van der Waals surface area (Å²) >= 11 is 0. The van der Waals surface area contributed by atoms with Crippen LogP contribution in [0, 0.1) is 5.92 Å². The molecule has 18 heavy (non-hydrogen) atoms. The Balaban J connectivity index is 2.71. The highest BCUT2D eigenvalue weighted by Crippen LogP contribution is 2.23. The van der Waals surface area contributed by atoms with Gasteiger partial charge in [0.25, 0.3) is 0 Å². The second-order valence-electron chi connectivity index (χ2n) is 5.12. The smallest absolute Gasteiger partial charge is 0.119 e. The molecule has 0 saturated heterocycles. The van der Waals surface area contributed by atoms with Gasteiger partial charge in [-0.15, -0.1) is 0 Å². The van der Waals surface area contributed by atoms with Gasteiger partial charge in [0.2, 0.25) is 0 Å². The van der Waals surface area contributed by atoms with E-state index in [1.165, 1.54) is 17.6 Å². The Morgan fingerprint density at radius 2 is 1.83 bits per heavy atom. The fourth-order valence-corrected chi connectivity index (χ4v) is 1.91. The second-order valence-corrected chi connectivity index (χ2v) is 5.12. The van der Waals surface area contributed by atoms with E-state index in [1.54, 1.807) is 0 Å². The molecular weight excluding hydrogens is 220 g/mol. The number of rotatable bonds is 7. The SMILES string of the molecule is CCC=C(CCC)c1ccc(OCC(C)C)cc1. The van der Waals surface area contributed by atoms with E-state index in [4.69, 9.17) is 4.74 Å².